The molecule has 0 aliphatic heterocycles. The summed E-state index contributed by atoms with van der Waals surface area (Å²) in [6.45, 7) is 3.76. The summed E-state index contributed by atoms with van der Waals surface area (Å²) in [5.74, 6) is -0.497. The average Bonchev–Trinajstić information content (AvgIpc) is 2.28. The second kappa shape index (κ2) is 5.49. The van der Waals surface area contributed by atoms with E-state index in [9.17, 15) is 9.18 Å². The molecule has 0 radical (unpaired) electrons. The first-order valence-electron chi connectivity index (χ1n) is 5.22. The van der Waals surface area contributed by atoms with Gasteiger partial charge in [0.2, 0.25) is 5.91 Å². The number of ether oxygens (including phenoxy) is 1. The van der Waals surface area contributed by atoms with E-state index in [-0.39, 0.29) is 17.6 Å². The fraction of sp³-hybridized carbons (Fsp3) is 0.417. The molecule has 3 nitrogen and oxygen atoms in total. The molecule has 1 aromatic rings. The summed E-state index contributed by atoms with van der Waals surface area (Å²) in [6, 6.07) is 4.35. The van der Waals surface area contributed by atoms with Gasteiger partial charge in [0.1, 0.15) is 0 Å². The molecule has 0 aliphatic rings. The van der Waals surface area contributed by atoms with Crippen molar-refractivity contribution in [2.75, 3.05) is 12.4 Å². The number of benzene rings is 1. The first kappa shape index (κ1) is 12.5. The van der Waals surface area contributed by atoms with Crippen molar-refractivity contribution >= 4 is 11.6 Å². The summed E-state index contributed by atoms with van der Waals surface area (Å²) in [5, 5.41) is 2.65. The number of rotatable bonds is 4. The number of amides is 1. The van der Waals surface area contributed by atoms with Gasteiger partial charge in [0.15, 0.2) is 11.6 Å². The second-order valence-electron chi connectivity index (χ2n) is 3.65. The normalized spacial score (nSPS) is 12.0. The molecule has 0 bridgehead atoms. The fourth-order valence-corrected chi connectivity index (χ4v) is 1.19. The number of methoxy groups -OCH3 is 1. The minimum atomic E-state index is -0.482. The molecule has 0 saturated heterocycles. The van der Waals surface area contributed by atoms with E-state index in [0.717, 1.165) is 6.42 Å². The van der Waals surface area contributed by atoms with Crippen LogP contribution in [0.2, 0.25) is 0 Å². The Labute approximate surface area is 94.6 Å². The van der Waals surface area contributed by atoms with Crippen molar-refractivity contribution in [2.24, 2.45) is 5.92 Å². The highest BCUT2D eigenvalue weighted by atomic mass is 19.1. The Morgan fingerprint density at radius 1 is 1.56 bits per heavy atom. The standard InChI is InChI=1S/C12H16FNO2/c1-4-8(2)12(15)14-9-5-6-11(16-3)10(13)7-9/h5-8H,4H2,1-3H3,(H,14,15)/t8-/m1/s1. The predicted octanol–water partition coefficient (Wildman–Crippen LogP) is 2.82. The van der Waals surface area contributed by atoms with Crippen LogP contribution in [0.25, 0.3) is 0 Å². The summed E-state index contributed by atoms with van der Waals surface area (Å²) < 4.78 is 18.1. The molecule has 1 atom stereocenters. The van der Waals surface area contributed by atoms with Crippen molar-refractivity contribution in [1.29, 1.82) is 0 Å². The van der Waals surface area contributed by atoms with E-state index in [1.54, 1.807) is 6.07 Å². The largest absolute Gasteiger partial charge is 0.494 e. The molecule has 4 heteroatoms. The third kappa shape index (κ3) is 2.95. The summed E-state index contributed by atoms with van der Waals surface area (Å²) in [5.41, 5.74) is 0.448. The predicted molar refractivity (Wildman–Crippen MR) is 61.0 cm³/mol. The Balaban J connectivity index is 2.75. The highest BCUT2D eigenvalue weighted by molar-refractivity contribution is 5.92. The number of carbonyl (C=O) groups excluding carboxylic acids is 1. The van der Waals surface area contributed by atoms with E-state index < -0.39 is 5.82 Å². The third-order valence-corrected chi connectivity index (χ3v) is 2.48. The van der Waals surface area contributed by atoms with Gasteiger partial charge in [-0.15, -0.1) is 0 Å². The molecule has 0 heterocycles. The molecule has 0 unspecified atom stereocenters. The number of carbonyl (C=O) groups is 1. The van der Waals surface area contributed by atoms with Gasteiger partial charge >= 0.3 is 0 Å². The lowest BCUT2D eigenvalue weighted by molar-refractivity contribution is -0.119. The average molecular weight is 225 g/mol. The lowest BCUT2D eigenvalue weighted by Gasteiger charge is -2.10. The summed E-state index contributed by atoms with van der Waals surface area (Å²) in [7, 11) is 1.40. The number of halogens is 1. The fourth-order valence-electron chi connectivity index (χ4n) is 1.19. The van der Waals surface area contributed by atoms with Crippen LogP contribution in [0.1, 0.15) is 20.3 Å². The van der Waals surface area contributed by atoms with Gasteiger partial charge in [0, 0.05) is 17.7 Å². The first-order chi connectivity index (χ1) is 7.58. The Morgan fingerprint density at radius 2 is 2.25 bits per heavy atom. The Hall–Kier alpha value is -1.58. The number of anilines is 1. The van der Waals surface area contributed by atoms with E-state index >= 15 is 0 Å². The smallest absolute Gasteiger partial charge is 0.227 e. The van der Waals surface area contributed by atoms with Crippen LogP contribution < -0.4 is 10.1 Å². The molecular formula is C12H16FNO2. The van der Waals surface area contributed by atoms with E-state index in [0.29, 0.717) is 5.69 Å². The minimum Gasteiger partial charge on any atom is -0.494 e. The maximum Gasteiger partial charge on any atom is 0.227 e. The van der Waals surface area contributed by atoms with E-state index in [2.05, 4.69) is 5.32 Å². The van der Waals surface area contributed by atoms with Gasteiger partial charge in [-0.25, -0.2) is 4.39 Å². The van der Waals surface area contributed by atoms with Crippen molar-refractivity contribution in [3.63, 3.8) is 0 Å². The van der Waals surface area contributed by atoms with Gasteiger partial charge in [0.05, 0.1) is 7.11 Å². The molecule has 16 heavy (non-hydrogen) atoms. The van der Waals surface area contributed by atoms with Crippen LogP contribution in [0.3, 0.4) is 0 Å². The van der Waals surface area contributed by atoms with E-state index in [1.807, 2.05) is 13.8 Å². The Morgan fingerprint density at radius 3 is 2.75 bits per heavy atom. The topological polar surface area (TPSA) is 38.3 Å². The SMILES string of the molecule is CC[C@@H](C)C(=O)Nc1ccc(OC)c(F)c1. The minimum absolute atomic E-state index is 0.0786. The van der Waals surface area contributed by atoms with Crippen LogP contribution in [0, 0.1) is 11.7 Å². The van der Waals surface area contributed by atoms with Crippen molar-refractivity contribution in [1.82, 2.24) is 0 Å². The number of hydrogen-bond acceptors (Lipinski definition) is 2. The lowest BCUT2D eigenvalue weighted by atomic mass is 10.1. The molecule has 0 saturated carbocycles. The van der Waals surface area contributed by atoms with Gasteiger partial charge in [-0.1, -0.05) is 13.8 Å². The van der Waals surface area contributed by atoms with E-state index in [4.69, 9.17) is 4.74 Å². The highest BCUT2D eigenvalue weighted by Gasteiger charge is 2.11. The van der Waals surface area contributed by atoms with Crippen LogP contribution in [-0.2, 0) is 4.79 Å². The first-order valence-corrected chi connectivity index (χ1v) is 5.22. The molecule has 0 aromatic heterocycles. The lowest BCUT2D eigenvalue weighted by Crippen LogP contribution is -2.19. The zero-order valence-corrected chi connectivity index (χ0v) is 9.71. The van der Waals surface area contributed by atoms with Crippen LogP contribution >= 0.6 is 0 Å². The van der Waals surface area contributed by atoms with Gasteiger partial charge in [-0.3, -0.25) is 4.79 Å². The summed E-state index contributed by atoms with van der Waals surface area (Å²) in [6.07, 6.45) is 0.754. The van der Waals surface area contributed by atoms with Gasteiger partial charge in [-0.05, 0) is 18.6 Å². The maximum atomic E-state index is 13.3. The van der Waals surface area contributed by atoms with Crippen molar-refractivity contribution < 1.29 is 13.9 Å². The highest BCUT2D eigenvalue weighted by Crippen LogP contribution is 2.21. The zero-order chi connectivity index (χ0) is 12.1. The molecule has 0 aliphatic carbocycles. The second-order valence-corrected chi connectivity index (χ2v) is 3.65. The summed E-state index contributed by atoms with van der Waals surface area (Å²) in [4.78, 5) is 11.5. The monoisotopic (exact) mass is 225 g/mol. The van der Waals surface area contributed by atoms with Gasteiger partial charge in [0.25, 0.3) is 0 Å². The maximum absolute atomic E-state index is 13.3. The quantitative estimate of drug-likeness (QED) is 0.855. The number of hydrogen-bond donors (Lipinski definition) is 1. The Bertz CT molecular complexity index is 379. The third-order valence-electron chi connectivity index (χ3n) is 2.48. The van der Waals surface area contributed by atoms with Crippen molar-refractivity contribution in [2.45, 2.75) is 20.3 Å². The number of nitrogens with one attached hydrogen (secondary N) is 1. The van der Waals surface area contributed by atoms with E-state index in [1.165, 1.54) is 19.2 Å². The zero-order valence-electron chi connectivity index (χ0n) is 9.71. The van der Waals surface area contributed by atoms with Crippen LogP contribution in [0.5, 0.6) is 5.75 Å². The van der Waals surface area contributed by atoms with Crippen LogP contribution in [0.4, 0.5) is 10.1 Å². The Kier molecular flexibility index (Phi) is 4.28. The van der Waals surface area contributed by atoms with Gasteiger partial charge < -0.3 is 10.1 Å². The molecule has 1 rings (SSSR count). The molecule has 1 N–H and O–H groups in total. The molecular weight excluding hydrogens is 209 g/mol. The summed E-state index contributed by atoms with van der Waals surface area (Å²) >= 11 is 0. The van der Waals surface area contributed by atoms with Gasteiger partial charge in [-0.2, -0.15) is 0 Å². The van der Waals surface area contributed by atoms with Crippen molar-refractivity contribution in [3.05, 3.63) is 24.0 Å². The molecule has 1 aromatic carbocycles. The van der Waals surface area contributed by atoms with Crippen molar-refractivity contribution in [3.8, 4) is 5.75 Å². The molecule has 0 spiro atoms. The molecule has 1 amide bonds. The molecule has 88 valence electrons. The van der Waals surface area contributed by atoms with Crippen LogP contribution in [-0.4, -0.2) is 13.0 Å². The van der Waals surface area contributed by atoms with Crippen LogP contribution in [0.15, 0.2) is 18.2 Å². The molecule has 0 fully saturated rings.